The van der Waals surface area contributed by atoms with Gasteiger partial charge in [0.2, 0.25) is 5.91 Å². The molecule has 0 aliphatic rings. The van der Waals surface area contributed by atoms with Crippen molar-refractivity contribution in [2.24, 2.45) is 11.5 Å². The Morgan fingerprint density at radius 3 is 2.42 bits per heavy atom. The van der Waals surface area contributed by atoms with Gasteiger partial charge in [-0.15, -0.1) is 0 Å². The minimum atomic E-state index is -0.316. The third kappa shape index (κ3) is 4.04. The van der Waals surface area contributed by atoms with Gasteiger partial charge in [0.1, 0.15) is 0 Å². The number of benzene rings is 1. The largest absolute Gasteiger partial charge is 0.369 e. The van der Waals surface area contributed by atoms with Gasteiger partial charge in [0.25, 0.3) is 0 Å². The minimum absolute atomic E-state index is 0.0135. The zero-order valence-electron chi connectivity index (χ0n) is 12.1. The molecule has 2 unspecified atom stereocenters. The Bertz CT molecular complexity index is 420. The lowest BCUT2D eigenvalue weighted by molar-refractivity contribution is -0.119. The summed E-state index contributed by atoms with van der Waals surface area (Å²) in [6, 6.07) is 8.19. The third-order valence-corrected chi connectivity index (χ3v) is 3.54. The number of nitrogens with zero attached hydrogens (tertiary/aromatic N) is 1. The van der Waals surface area contributed by atoms with Crippen LogP contribution < -0.4 is 11.5 Å². The number of hydrogen-bond donors (Lipinski definition) is 2. The van der Waals surface area contributed by atoms with Crippen LogP contribution in [0.15, 0.2) is 24.3 Å². The summed E-state index contributed by atoms with van der Waals surface area (Å²) < 4.78 is 0. The van der Waals surface area contributed by atoms with Crippen LogP contribution in [0.25, 0.3) is 0 Å². The molecule has 19 heavy (non-hydrogen) atoms. The van der Waals surface area contributed by atoms with E-state index in [0.29, 0.717) is 0 Å². The fourth-order valence-electron chi connectivity index (χ4n) is 2.45. The second-order valence-corrected chi connectivity index (χ2v) is 4.90. The van der Waals surface area contributed by atoms with Crippen molar-refractivity contribution in [2.75, 3.05) is 13.1 Å². The fourth-order valence-corrected chi connectivity index (χ4v) is 2.45. The molecule has 0 saturated heterocycles. The fraction of sp³-hybridized carbons (Fsp3) is 0.533. The van der Waals surface area contributed by atoms with E-state index >= 15 is 0 Å². The lowest BCUT2D eigenvalue weighted by atomic mass is 9.93. The van der Waals surface area contributed by atoms with Crippen LogP contribution in [-0.2, 0) is 4.79 Å². The zero-order valence-corrected chi connectivity index (χ0v) is 12.1. The smallest absolute Gasteiger partial charge is 0.231 e. The van der Waals surface area contributed by atoms with Crippen molar-refractivity contribution in [1.82, 2.24) is 4.90 Å². The number of amides is 1. The van der Waals surface area contributed by atoms with Crippen LogP contribution in [-0.4, -0.2) is 29.9 Å². The van der Waals surface area contributed by atoms with Crippen molar-refractivity contribution in [3.8, 4) is 0 Å². The van der Waals surface area contributed by atoms with E-state index in [4.69, 9.17) is 11.5 Å². The highest BCUT2D eigenvalue weighted by Gasteiger charge is 2.26. The average Bonchev–Trinajstić information content (AvgIpc) is 2.39. The molecule has 1 aromatic rings. The number of hydrogen-bond acceptors (Lipinski definition) is 3. The van der Waals surface area contributed by atoms with Gasteiger partial charge >= 0.3 is 0 Å². The summed E-state index contributed by atoms with van der Waals surface area (Å²) in [7, 11) is 0. The van der Waals surface area contributed by atoms with Gasteiger partial charge in [0.15, 0.2) is 0 Å². The molecule has 0 aliphatic heterocycles. The van der Waals surface area contributed by atoms with E-state index in [1.807, 2.05) is 19.1 Å². The topological polar surface area (TPSA) is 72.3 Å². The maximum Gasteiger partial charge on any atom is 0.231 e. The maximum absolute atomic E-state index is 11.2. The zero-order chi connectivity index (χ0) is 14.4. The van der Waals surface area contributed by atoms with Gasteiger partial charge in [-0.25, -0.2) is 0 Å². The molecule has 4 N–H and O–H groups in total. The van der Waals surface area contributed by atoms with E-state index in [-0.39, 0.29) is 24.5 Å². The quantitative estimate of drug-likeness (QED) is 0.784. The van der Waals surface area contributed by atoms with Crippen LogP contribution in [0, 0.1) is 6.92 Å². The predicted octanol–water partition coefficient (Wildman–Crippen LogP) is 1.58. The summed E-state index contributed by atoms with van der Waals surface area (Å²) in [6.45, 7) is 7.15. The highest BCUT2D eigenvalue weighted by molar-refractivity contribution is 5.76. The van der Waals surface area contributed by atoms with Crippen LogP contribution in [0.5, 0.6) is 0 Å². The molecule has 0 radical (unpaired) electrons. The van der Waals surface area contributed by atoms with Crippen molar-refractivity contribution in [3.05, 3.63) is 35.4 Å². The predicted molar refractivity (Wildman–Crippen MR) is 78.6 cm³/mol. The lowest BCUT2D eigenvalue weighted by Gasteiger charge is -2.35. The molecule has 1 amide bonds. The lowest BCUT2D eigenvalue weighted by Crippen LogP contribution is -2.44. The van der Waals surface area contributed by atoms with E-state index in [1.165, 1.54) is 11.1 Å². The molecule has 2 atom stereocenters. The van der Waals surface area contributed by atoms with Crippen LogP contribution in [0.4, 0.5) is 0 Å². The normalized spacial score (nSPS) is 14.4. The Morgan fingerprint density at radius 1 is 1.32 bits per heavy atom. The standard InChI is InChI=1S/C15H25N3O/c1-4-13(16)15(18(5-2)10-14(17)19)12-9-7-6-8-11(12)3/h6-9,13,15H,4-5,10,16H2,1-3H3,(H2,17,19). The molecule has 0 bridgehead atoms. The molecule has 0 saturated carbocycles. The van der Waals surface area contributed by atoms with Gasteiger partial charge in [0.05, 0.1) is 12.6 Å². The Labute approximate surface area is 115 Å². The molecule has 0 spiro atoms. The molecule has 0 aliphatic carbocycles. The van der Waals surface area contributed by atoms with E-state index in [9.17, 15) is 4.79 Å². The van der Waals surface area contributed by atoms with Crippen molar-refractivity contribution in [2.45, 2.75) is 39.3 Å². The molecule has 0 fully saturated rings. The summed E-state index contributed by atoms with van der Waals surface area (Å²) in [5.74, 6) is -0.316. The van der Waals surface area contributed by atoms with E-state index in [1.54, 1.807) is 0 Å². The molecule has 1 rings (SSSR count). The molecular weight excluding hydrogens is 238 g/mol. The van der Waals surface area contributed by atoms with Crippen molar-refractivity contribution < 1.29 is 4.79 Å². The molecule has 106 valence electrons. The number of aryl methyl sites for hydroxylation is 1. The number of carbonyl (C=O) groups excluding carboxylic acids is 1. The SMILES string of the molecule is CCC(N)C(c1ccccc1C)N(CC)CC(N)=O. The van der Waals surface area contributed by atoms with Gasteiger partial charge in [-0.2, -0.15) is 0 Å². The molecule has 4 nitrogen and oxygen atoms in total. The van der Waals surface area contributed by atoms with Crippen LogP contribution in [0.1, 0.15) is 37.4 Å². The Kier molecular flexibility index (Phi) is 5.99. The first kappa shape index (κ1) is 15.7. The van der Waals surface area contributed by atoms with Crippen molar-refractivity contribution >= 4 is 5.91 Å². The van der Waals surface area contributed by atoms with Gasteiger partial charge in [-0.05, 0) is 31.0 Å². The Hall–Kier alpha value is -1.39. The Balaban J connectivity index is 3.13. The second kappa shape index (κ2) is 7.26. The molecule has 1 aromatic carbocycles. The average molecular weight is 263 g/mol. The van der Waals surface area contributed by atoms with Crippen molar-refractivity contribution in [1.29, 1.82) is 0 Å². The number of carbonyl (C=O) groups is 1. The minimum Gasteiger partial charge on any atom is -0.369 e. The molecule has 0 aromatic heterocycles. The van der Waals surface area contributed by atoms with Crippen LogP contribution >= 0.6 is 0 Å². The summed E-state index contributed by atoms with van der Waals surface area (Å²) in [5, 5.41) is 0. The summed E-state index contributed by atoms with van der Waals surface area (Å²) in [4.78, 5) is 13.3. The monoisotopic (exact) mass is 263 g/mol. The first-order valence-corrected chi connectivity index (χ1v) is 6.84. The summed E-state index contributed by atoms with van der Waals surface area (Å²) in [6.07, 6.45) is 0.855. The molecule has 0 heterocycles. The first-order valence-electron chi connectivity index (χ1n) is 6.84. The highest BCUT2D eigenvalue weighted by atomic mass is 16.1. The first-order chi connectivity index (χ1) is 9.01. The third-order valence-electron chi connectivity index (χ3n) is 3.54. The summed E-state index contributed by atoms with van der Waals surface area (Å²) >= 11 is 0. The van der Waals surface area contributed by atoms with Crippen molar-refractivity contribution in [3.63, 3.8) is 0 Å². The van der Waals surface area contributed by atoms with Gasteiger partial charge in [-0.3, -0.25) is 9.69 Å². The highest BCUT2D eigenvalue weighted by Crippen LogP contribution is 2.27. The number of likely N-dealkylation sites (N-methyl/N-ethyl adjacent to an activating group) is 1. The molecular formula is C15H25N3O. The van der Waals surface area contributed by atoms with E-state index in [0.717, 1.165) is 13.0 Å². The van der Waals surface area contributed by atoms with Crippen LogP contribution in [0.3, 0.4) is 0 Å². The number of rotatable bonds is 7. The number of primary amides is 1. The van der Waals surface area contributed by atoms with E-state index < -0.39 is 0 Å². The van der Waals surface area contributed by atoms with E-state index in [2.05, 4.69) is 30.9 Å². The van der Waals surface area contributed by atoms with Crippen LogP contribution in [0.2, 0.25) is 0 Å². The van der Waals surface area contributed by atoms with Gasteiger partial charge in [0, 0.05) is 6.04 Å². The van der Waals surface area contributed by atoms with Gasteiger partial charge in [-0.1, -0.05) is 38.1 Å². The Morgan fingerprint density at radius 2 is 1.95 bits per heavy atom. The number of nitrogens with two attached hydrogens (primary N) is 2. The summed E-state index contributed by atoms with van der Waals surface area (Å²) in [5.41, 5.74) is 14.0. The van der Waals surface area contributed by atoms with Gasteiger partial charge < -0.3 is 11.5 Å². The maximum atomic E-state index is 11.2. The molecule has 4 heteroatoms. The second-order valence-electron chi connectivity index (χ2n) is 4.90.